The molecular formula is C13H17KN2O4S2. The van der Waals surface area contributed by atoms with E-state index < -0.39 is 22.8 Å². The monoisotopic (exact) mass is 368 g/mol. The van der Waals surface area contributed by atoms with Gasteiger partial charge in [0, 0.05) is 10.5 Å². The predicted molar refractivity (Wildman–Crippen MR) is 80.6 cm³/mol. The first-order chi connectivity index (χ1) is 9.79. The van der Waals surface area contributed by atoms with E-state index in [0.717, 1.165) is 0 Å². The summed E-state index contributed by atoms with van der Waals surface area (Å²) in [5.41, 5.74) is 0. The number of fused-ring (bicyclic) bond motifs is 1. The maximum Gasteiger partial charge on any atom is 1.00 e. The molecule has 1 N–H and O–H groups in total. The normalized spacial score (nSPS) is 28.2. The maximum atomic E-state index is 12.1. The molecule has 0 aromatic rings. The molecule has 0 unspecified atom stereocenters. The number of carbonyl (C=O) groups is 3. The van der Waals surface area contributed by atoms with Gasteiger partial charge in [0.25, 0.3) is 0 Å². The van der Waals surface area contributed by atoms with Crippen molar-refractivity contribution in [3.63, 3.8) is 0 Å². The van der Waals surface area contributed by atoms with Crippen LogP contribution in [0.25, 0.3) is 0 Å². The SMILES string of the molecule is C=CCSCC(=O)N[C@@H]1C(=O)N2[C@@H]1SC(C)(C)[C@@H]2C(=O)[O-].[K+]. The van der Waals surface area contributed by atoms with Gasteiger partial charge in [-0.05, 0) is 13.8 Å². The zero-order chi connectivity index (χ0) is 15.8. The van der Waals surface area contributed by atoms with Gasteiger partial charge in [-0.3, -0.25) is 9.59 Å². The molecule has 2 fully saturated rings. The number of rotatable bonds is 6. The van der Waals surface area contributed by atoms with Gasteiger partial charge in [0.1, 0.15) is 11.4 Å². The number of carboxylic acid groups (broad SMARTS) is 1. The number of carboxylic acids is 1. The smallest absolute Gasteiger partial charge is 0.548 e. The molecule has 0 bridgehead atoms. The van der Waals surface area contributed by atoms with Crippen molar-refractivity contribution in [2.45, 2.75) is 36.1 Å². The molecule has 0 radical (unpaired) electrons. The maximum absolute atomic E-state index is 12.1. The van der Waals surface area contributed by atoms with Gasteiger partial charge in [-0.15, -0.1) is 30.1 Å². The second-order valence-corrected chi connectivity index (χ2v) is 8.23. The van der Waals surface area contributed by atoms with Crippen LogP contribution in [0.5, 0.6) is 0 Å². The Morgan fingerprint density at radius 3 is 2.73 bits per heavy atom. The van der Waals surface area contributed by atoms with Crippen molar-refractivity contribution in [2.75, 3.05) is 11.5 Å². The summed E-state index contributed by atoms with van der Waals surface area (Å²) < 4.78 is -0.629. The second-order valence-electron chi connectivity index (χ2n) is 5.43. The average Bonchev–Trinajstić information content (AvgIpc) is 2.65. The summed E-state index contributed by atoms with van der Waals surface area (Å²) in [4.78, 5) is 36.4. The Hall–Kier alpha value is 0.486. The number of nitrogens with one attached hydrogen (secondary N) is 1. The minimum absolute atomic E-state index is 0. The van der Waals surface area contributed by atoms with Crippen molar-refractivity contribution in [2.24, 2.45) is 0 Å². The van der Waals surface area contributed by atoms with Crippen molar-refractivity contribution in [3.8, 4) is 0 Å². The molecule has 2 aliphatic rings. The summed E-state index contributed by atoms with van der Waals surface area (Å²) in [6.07, 6.45) is 1.70. The number of hydrogen-bond donors (Lipinski definition) is 1. The van der Waals surface area contributed by atoms with Gasteiger partial charge in [0.15, 0.2) is 0 Å². The van der Waals surface area contributed by atoms with Crippen LogP contribution >= 0.6 is 23.5 Å². The molecule has 116 valence electrons. The van der Waals surface area contributed by atoms with Gasteiger partial charge in [0.2, 0.25) is 11.8 Å². The van der Waals surface area contributed by atoms with Crippen LogP contribution in [0.3, 0.4) is 0 Å². The third-order valence-corrected chi connectivity index (χ3v) is 5.96. The van der Waals surface area contributed by atoms with E-state index in [1.54, 1.807) is 19.9 Å². The van der Waals surface area contributed by atoms with E-state index in [1.165, 1.54) is 28.4 Å². The van der Waals surface area contributed by atoms with Crippen LogP contribution in [0.4, 0.5) is 0 Å². The summed E-state index contributed by atoms with van der Waals surface area (Å²) in [5, 5.41) is 13.6. The molecule has 2 saturated heterocycles. The first kappa shape index (κ1) is 20.5. The van der Waals surface area contributed by atoms with Gasteiger partial charge in [-0.1, -0.05) is 6.08 Å². The number of thioether (sulfide) groups is 2. The Bertz CT molecular complexity index is 500. The van der Waals surface area contributed by atoms with Crippen LogP contribution in [0.1, 0.15) is 13.8 Å². The molecule has 22 heavy (non-hydrogen) atoms. The van der Waals surface area contributed by atoms with Gasteiger partial charge < -0.3 is 20.1 Å². The van der Waals surface area contributed by atoms with Crippen LogP contribution in [0.15, 0.2) is 12.7 Å². The van der Waals surface area contributed by atoms with E-state index in [9.17, 15) is 19.5 Å². The van der Waals surface area contributed by atoms with Crippen molar-refractivity contribution >= 4 is 41.3 Å². The van der Waals surface area contributed by atoms with Crippen LogP contribution < -0.4 is 61.8 Å². The number of amides is 2. The standard InChI is InChI=1S/C13H18N2O4S2.K/c1-4-5-20-6-7(16)14-8-10(17)15-9(12(18)19)13(2,3)21-11(8)15;/h4,8-9,11H,1,5-6H2,2-3H3,(H,14,16)(H,18,19);/q;+1/p-1/t8-,9+,11-;/m1./s1. The minimum Gasteiger partial charge on any atom is -0.548 e. The fourth-order valence-corrected chi connectivity index (χ4v) is 4.75. The number of aliphatic carboxylic acids is 1. The molecule has 0 aliphatic carbocycles. The molecule has 0 aromatic carbocycles. The number of carbonyl (C=O) groups excluding carboxylic acids is 3. The van der Waals surface area contributed by atoms with Crippen molar-refractivity contribution in [3.05, 3.63) is 12.7 Å². The Morgan fingerprint density at radius 2 is 2.18 bits per heavy atom. The van der Waals surface area contributed by atoms with E-state index in [0.29, 0.717) is 5.75 Å². The molecule has 0 aromatic heterocycles. The largest absolute Gasteiger partial charge is 1.00 e. The van der Waals surface area contributed by atoms with Crippen LogP contribution in [0.2, 0.25) is 0 Å². The quantitative estimate of drug-likeness (QED) is 0.224. The summed E-state index contributed by atoms with van der Waals surface area (Å²) in [6, 6.07) is -1.60. The topological polar surface area (TPSA) is 89.5 Å². The van der Waals surface area contributed by atoms with E-state index in [2.05, 4.69) is 11.9 Å². The van der Waals surface area contributed by atoms with E-state index in [4.69, 9.17) is 0 Å². The summed E-state index contributed by atoms with van der Waals surface area (Å²) >= 11 is 2.79. The van der Waals surface area contributed by atoms with E-state index in [1.807, 2.05) is 0 Å². The fraction of sp³-hybridized carbons (Fsp3) is 0.615. The third-order valence-electron chi connectivity index (χ3n) is 3.45. The van der Waals surface area contributed by atoms with Crippen molar-refractivity contribution < 1.29 is 70.9 Å². The molecule has 2 aliphatic heterocycles. The van der Waals surface area contributed by atoms with Crippen LogP contribution in [-0.2, 0) is 14.4 Å². The number of β-lactam (4-membered cyclic amide) rings is 1. The summed E-state index contributed by atoms with van der Waals surface area (Å²) in [6.45, 7) is 7.10. The Morgan fingerprint density at radius 1 is 1.55 bits per heavy atom. The molecular weight excluding hydrogens is 351 g/mol. The Labute approximate surface area is 180 Å². The van der Waals surface area contributed by atoms with Crippen LogP contribution in [-0.4, -0.2) is 56.4 Å². The van der Waals surface area contributed by atoms with Gasteiger partial charge in [0.05, 0.1) is 17.8 Å². The summed E-state index contributed by atoms with van der Waals surface area (Å²) in [5.74, 6) is -0.921. The number of nitrogens with zero attached hydrogens (tertiary/aromatic N) is 1. The van der Waals surface area contributed by atoms with Crippen molar-refractivity contribution in [1.82, 2.24) is 10.2 Å². The first-order valence-corrected chi connectivity index (χ1v) is 8.52. The fourth-order valence-electron chi connectivity index (χ4n) is 2.58. The predicted octanol–water partition coefficient (Wildman–Crippen LogP) is -3.79. The molecule has 2 heterocycles. The minimum atomic E-state index is -1.25. The van der Waals surface area contributed by atoms with Gasteiger partial charge >= 0.3 is 51.4 Å². The molecule has 6 nitrogen and oxygen atoms in total. The van der Waals surface area contributed by atoms with E-state index in [-0.39, 0.29) is 74.3 Å². The zero-order valence-corrected chi connectivity index (χ0v) is 17.6. The molecule has 9 heteroatoms. The molecule has 0 spiro atoms. The Kier molecular flexibility index (Phi) is 7.50. The van der Waals surface area contributed by atoms with Crippen LogP contribution in [0, 0.1) is 0 Å². The van der Waals surface area contributed by atoms with Gasteiger partial charge in [-0.2, -0.15) is 0 Å². The van der Waals surface area contributed by atoms with Crippen molar-refractivity contribution in [1.29, 1.82) is 0 Å². The molecule has 0 saturated carbocycles. The summed E-state index contributed by atoms with van der Waals surface area (Å²) in [7, 11) is 0. The molecule has 2 amide bonds. The van der Waals surface area contributed by atoms with E-state index >= 15 is 0 Å². The molecule has 3 atom stereocenters. The third kappa shape index (κ3) is 3.93. The number of hydrogen-bond acceptors (Lipinski definition) is 6. The first-order valence-electron chi connectivity index (χ1n) is 6.48. The average molecular weight is 369 g/mol. The Balaban J connectivity index is 0.00000242. The zero-order valence-electron chi connectivity index (χ0n) is 12.8. The molecule has 2 rings (SSSR count). The second kappa shape index (κ2) is 8.04. The van der Waals surface area contributed by atoms with Gasteiger partial charge in [-0.25, -0.2) is 0 Å².